The second-order valence-corrected chi connectivity index (χ2v) is 5.78. The Kier molecular flexibility index (Phi) is 4.30. The molecule has 18 heavy (non-hydrogen) atoms. The molecule has 0 saturated carbocycles. The zero-order chi connectivity index (χ0) is 13.1. The molecule has 0 fully saturated rings. The molecule has 0 saturated heterocycles. The number of nitrogens with one attached hydrogen (secondary N) is 1. The van der Waals surface area contributed by atoms with Crippen LogP contribution in [0.5, 0.6) is 0 Å². The number of halogens is 2. The van der Waals surface area contributed by atoms with Crippen molar-refractivity contribution in [3.05, 3.63) is 34.7 Å². The third kappa shape index (κ3) is 3.06. The fourth-order valence-electron chi connectivity index (χ4n) is 1.88. The molecule has 2 rings (SSSR count). The molecular formula is C14H17F2NS. The zero-order valence-corrected chi connectivity index (χ0v) is 11.4. The van der Waals surface area contributed by atoms with E-state index in [1.165, 1.54) is 23.5 Å². The molecule has 0 radical (unpaired) electrons. The van der Waals surface area contributed by atoms with Crippen molar-refractivity contribution in [2.45, 2.75) is 20.3 Å². The Morgan fingerprint density at radius 1 is 1.22 bits per heavy atom. The van der Waals surface area contributed by atoms with Crippen LogP contribution in [0.2, 0.25) is 0 Å². The van der Waals surface area contributed by atoms with E-state index < -0.39 is 11.6 Å². The highest BCUT2D eigenvalue weighted by Gasteiger charge is 2.09. The Morgan fingerprint density at radius 2 is 1.94 bits per heavy atom. The standard InChI is InChI=1S/C14H17F2NS/c1-9(2)7-17-4-3-10-8-18-14-6-13(16)12(15)5-11(10)14/h5-6,8-9,17H,3-4,7H2,1-2H3. The van der Waals surface area contributed by atoms with Crippen molar-refractivity contribution in [3.8, 4) is 0 Å². The number of benzene rings is 1. The van der Waals surface area contributed by atoms with E-state index >= 15 is 0 Å². The molecule has 0 aliphatic rings. The molecule has 1 aromatic carbocycles. The summed E-state index contributed by atoms with van der Waals surface area (Å²) in [6, 6.07) is 2.58. The van der Waals surface area contributed by atoms with E-state index in [9.17, 15) is 8.78 Å². The number of hydrogen-bond donors (Lipinski definition) is 1. The fourth-order valence-corrected chi connectivity index (χ4v) is 2.89. The molecular weight excluding hydrogens is 252 g/mol. The first-order valence-corrected chi connectivity index (χ1v) is 7.01. The molecule has 0 unspecified atom stereocenters. The maximum atomic E-state index is 13.2. The van der Waals surface area contributed by atoms with E-state index in [2.05, 4.69) is 19.2 Å². The number of thiophene rings is 1. The lowest BCUT2D eigenvalue weighted by molar-refractivity contribution is 0.511. The zero-order valence-electron chi connectivity index (χ0n) is 10.6. The van der Waals surface area contributed by atoms with E-state index in [4.69, 9.17) is 0 Å². The third-order valence-electron chi connectivity index (χ3n) is 2.82. The van der Waals surface area contributed by atoms with Crippen molar-refractivity contribution in [3.63, 3.8) is 0 Å². The second-order valence-electron chi connectivity index (χ2n) is 4.87. The molecule has 0 amide bonds. The summed E-state index contributed by atoms with van der Waals surface area (Å²) in [6.07, 6.45) is 0.845. The van der Waals surface area contributed by atoms with Crippen LogP contribution >= 0.6 is 11.3 Å². The molecule has 0 bridgehead atoms. The predicted molar refractivity (Wildman–Crippen MR) is 73.2 cm³/mol. The molecule has 0 aliphatic carbocycles. The van der Waals surface area contributed by atoms with Crippen LogP contribution in [0.25, 0.3) is 10.1 Å². The van der Waals surface area contributed by atoms with Gasteiger partial charge in [0.15, 0.2) is 11.6 Å². The molecule has 4 heteroatoms. The summed E-state index contributed by atoms with van der Waals surface area (Å²) in [7, 11) is 0. The lowest BCUT2D eigenvalue weighted by Gasteiger charge is -2.06. The maximum Gasteiger partial charge on any atom is 0.160 e. The second kappa shape index (κ2) is 5.76. The van der Waals surface area contributed by atoms with Crippen molar-refractivity contribution in [2.24, 2.45) is 5.92 Å². The summed E-state index contributed by atoms with van der Waals surface area (Å²) in [6.45, 7) is 6.16. The molecule has 1 N–H and O–H groups in total. The lowest BCUT2D eigenvalue weighted by Crippen LogP contribution is -2.21. The minimum Gasteiger partial charge on any atom is -0.316 e. The molecule has 1 heterocycles. The summed E-state index contributed by atoms with van der Waals surface area (Å²) in [4.78, 5) is 0. The van der Waals surface area contributed by atoms with Gasteiger partial charge in [-0.2, -0.15) is 0 Å². The van der Waals surface area contributed by atoms with Crippen LogP contribution in [0.1, 0.15) is 19.4 Å². The summed E-state index contributed by atoms with van der Waals surface area (Å²) in [5.41, 5.74) is 1.09. The highest BCUT2D eigenvalue weighted by atomic mass is 32.1. The molecule has 0 spiro atoms. The van der Waals surface area contributed by atoms with Crippen molar-refractivity contribution < 1.29 is 8.78 Å². The SMILES string of the molecule is CC(C)CNCCc1csc2cc(F)c(F)cc12. The van der Waals surface area contributed by atoms with Gasteiger partial charge in [0, 0.05) is 4.70 Å². The highest BCUT2D eigenvalue weighted by molar-refractivity contribution is 7.17. The molecule has 98 valence electrons. The minimum absolute atomic E-state index is 0.621. The Morgan fingerprint density at radius 3 is 2.67 bits per heavy atom. The summed E-state index contributed by atoms with van der Waals surface area (Å²) in [5.74, 6) is -0.915. The van der Waals surface area contributed by atoms with Gasteiger partial charge in [0.05, 0.1) is 0 Å². The average Bonchev–Trinajstić information content (AvgIpc) is 2.68. The highest BCUT2D eigenvalue weighted by Crippen LogP contribution is 2.28. The third-order valence-corrected chi connectivity index (χ3v) is 3.81. The van der Waals surface area contributed by atoms with Crippen LogP contribution in [0.4, 0.5) is 8.78 Å². The maximum absolute atomic E-state index is 13.2. The Hall–Kier alpha value is -1.00. The molecule has 0 aliphatic heterocycles. The van der Waals surface area contributed by atoms with Gasteiger partial charge in [-0.25, -0.2) is 8.78 Å². The normalized spacial score (nSPS) is 11.6. The summed E-state index contributed by atoms with van der Waals surface area (Å²) < 4.78 is 27.1. The quantitative estimate of drug-likeness (QED) is 0.810. The van der Waals surface area contributed by atoms with Crippen LogP contribution in [0.3, 0.4) is 0 Å². The van der Waals surface area contributed by atoms with Crippen molar-refractivity contribution in [1.82, 2.24) is 5.32 Å². The summed E-state index contributed by atoms with van der Waals surface area (Å²) in [5, 5.41) is 6.18. The number of fused-ring (bicyclic) bond motifs is 1. The number of rotatable bonds is 5. The van der Waals surface area contributed by atoms with Gasteiger partial charge in [-0.3, -0.25) is 0 Å². The van der Waals surface area contributed by atoms with Gasteiger partial charge in [-0.15, -0.1) is 11.3 Å². The largest absolute Gasteiger partial charge is 0.316 e. The Bertz CT molecular complexity index is 534. The smallest absolute Gasteiger partial charge is 0.160 e. The average molecular weight is 269 g/mol. The van der Waals surface area contributed by atoms with E-state index in [1.54, 1.807) is 0 Å². The van der Waals surface area contributed by atoms with Gasteiger partial charge in [-0.05, 0) is 53.9 Å². The molecule has 2 aromatic rings. The van der Waals surface area contributed by atoms with Crippen LogP contribution in [0.15, 0.2) is 17.5 Å². The van der Waals surface area contributed by atoms with Gasteiger partial charge >= 0.3 is 0 Å². The van der Waals surface area contributed by atoms with E-state index in [1.807, 2.05) is 5.38 Å². The van der Waals surface area contributed by atoms with Gasteiger partial charge in [0.1, 0.15) is 0 Å². The van der Waals surface area contributed by atoms with Crippen LogP contribution in [-0.4, -0.2) is 13.1 Å². The lowest BCUT2D eigenvalue weighted by atomic mass is 10.1. The van der Waals surface area contributed by atoms with Crippen molar-refractivity contribution >= 4 is 21.4 Å². The number of hydrogen-bond acceptors (Lipinski definition) is 2. The predicted octanol–water partition coefficient (Wildman–Crippen LogP) is 3.97. The van der Waals surface area contributed by atoms with Gasteiger partial charge in [0.25, 0.3) is 0 Å². The first kappa shape index (κ1) is 13.4. The van der Waals surface area contributed by atoms with Crippen molar-refractivity contribution in [2.75, 3.05) is 13.1 Å². The van der Waals surface area contributed by atoms with Crippen LogP contribution in [0, 0.1) is 17.6 Å². The molecule has 1 nitrogen and oxygen atoms in total. The fraction of sp³-hybridized carbons (Fsp3) is 0.429. The van der Waals surface area contributed by atoms with Gasteiger partial charge < -0.3 is 5.32 Å². The minimum atomic E-state index is -0.770. The van der Waals surface area contributed by atoms with E-state index in [0.717, 1.165) is 35.2 Å². The van der Waals surface area contributed by atoms with Crippen LogP contribution < -0.4 is 5.32 Å². The Labute approximate surface area is 110 Å². The van der Waals surface area contributed by atoms with Gasteiger partial charge in [-0.1, -0.05) is 13.8 Å². The monoisotopic (exact) mass is 269 g/mol. The molecule has 1 aromatic heterocycles. The van der Waals surface area contributed by atoms with Gasteiger partial charge in [0.2, 0.25) is 0 Å². The first-order valence-electron chi connectivity index (χ1n) is 6.13. The molecule has 0 atom stereocenters. The summed E-state index contributed by atoms with van der Waals surface area (Å²) >= 11 is 1.47. The first-order chi connectivity index (χ1) is 8.58. The topological polar surface area (TPSA) is 12.0 Å². The van der Waals surface area contributed by atoms with E-state index in [-0.39, 0.29) is 0 Å². The van der Waals surface area contributed by atoms with Crippen LogP contribution in [-0.2, 0) is 6.42 Å². The van der Waals surface area contributed by atoms with E-state index in [0.29, 0.717) is 5.92 Å². The van der Waals surface area contributed by atoms with Crippen molar-refractivity contribution in [1.29, 1.82) is 0 Å². The Balaban J connectivity index is 2.07.